The van der Waals surface area contributed by atoms with Crippen LogP contribution in [0.3, 0.4) is 0 Å². The number of para-hydroxylation sites is 1. The highest BCUT2D eigenvalue weighted by molar-refractivity contribution is 9.10. The van der Waals surface area contributed by atoms with Crippen molar-refractivity contribution in [3.8, 4) is 0 Å². The number of carbonyl (C=O) groups excluding carboxylic acids is 1. The minimum Gasteiger partial charge on any atom is -0.326 e. The number of anilines is 1. The van der Waals surface area contributed by atoms with Crippen LogP contribution in [-0.4, -0.2) is 21.6 Å². The van der Waals surface area contributed by atoms with Gasteiger partial charge in [-0.05, 0) is 60.0 Å². The number of nitrogens with one attached hydrogen (secondary N) is 2. The number of aromatic nitrogens is 2. The Morgan fingerprint density at radius 1 is 1.13 bits per heavy atom. The number of aliphatic imine (C=N–C) groups is 1. The first-order valence-electron chi connectivity index (χ1n) is 9.85. The van der Waals surface area contributed by atoms with E-state index in [1.165, 1.54) is 0 Å². The minimum atomic E-state index is -0.234. The number of hydrogen-bond acceptors (Lipinski definition) is 3. The largest absolute Gasteiger partial charge is 0.326 e. The SMILES string of the molecule is CCc1ccccc1NC(=NCc1c(C)nn(C)c1C)NC(=O)c1ccccc1Br. The molecule has 7 heteroatoms. The van der Waals surface area contributed by atoms with Gasteiger partial charge in [0.15, 0.2) is 0 Å². The maximum absolute atomic E-state index is 12.9. The smallest absolute Gasteiger partial charge is 0.259 e. The molecule has 1 heterocycles. The second kappa shape index (κ2) is 9.71. The number of hydrogen-bond donors (Lipinski definition) is 2. The van der Waals surface area contributed by atoms with Crippen LogP contribution in [0.5, 0.6) is 0 Å². The van der Waals surface area contributed by atoms with Gasteiger partial charge in [-0.25, -0.2) is 4.99 Å². The van der Waals surface area contributed by atoms with Crippen molar-refractivity contribution < 1.29 is 4.79 Å². The van der Waals surface area contributed by atoms with Gasteiger partial charge in [0.05, 0.1) is 17.8 Å². The molecule has 2 aromatic carbocycles. The Balaban J connectivity index is 1.91. The van der Waals surface area contributed by atoms with Crippen LogP contribution in [0, 0.1) is 13.8 Å². The molecule has 1 aromatic heterocycles. The molecule has 0 spiro atoms. The Kier molecular flexibility index (Phi) is 7.05. The first-order chi connectivity index (χ1) is 14.4. The molecule has 0 atom stereocenters. The van der Waals surface area contributed by atoms with Crippen molar-refractivity contribution in [2.75, 3.05) is 5.32 Å². The molecule has 0 aliphatic heterocycles. The molecule has 156 valence electrons. The van der Waals surface area contributed by atoms with Crippen LogP contribution in [0.4, 0.5) is 5.69 Å². The number of nitrogens with zero attached hydrogens (tertiary/aromatic N) is 3. The van der Waals surface area contributed by atoms with Crippen LogP contribution < -0.4 is 10.6 Å². The van der Waals surface area contributed by atoms with Gasteiger partial charge in [-0.3, -0.25) is 14.8 Å². The van der Waals surface area contributed by atoms with Crippen molar-refractivity contribution in [3.05, 3.63) is 81.1 Å². The maximum atomic E-state index is 12.9. The van der Waals surface area contributed by atoms with Gasteiger partial charge in [0, 0.05) is 28.5 Å². The van der Waals surface area contributed by atoms with E-state index in [1.807, 2.05) is 62.0 Å². The molecule has 0 bridgehead atoms. The highest BCUT2D eigenvalue weighted by atomic mass is 79.9. The summed E-state index contributed by atoms with van der Waals surface area (Å²) < 4.78 is 2.58. The Morgan fingerprint density at radius 3 is 2.50 bits per heavy atom. The second-order valence-electron chi connectivity index (χ2n) is 7.01. The first kappa shape index (κ1) is 21.8. The summed E-state index contributed by atoms with van der Waals surface area (Å²) in [5, 5.41) is 10.7. The fourth-order valence-electron chi connectivity index (χ4n) is 3.21. The van der Waals surface area contributed by atoms with Crippen LogP contribution in [0.2, 0.25) is 0 Å². The lowest BCUT2D eigenvalue weighted by Gasteiger charge is -2.15. The normalized spacial score (nSPS) is 11.4. The molecule has 6 nitrogen and oxygen atoms in total. The highest BCUT2D eigenvalue weighted by Crippen LogP contribution is 2.18. The number of benzene rings is 2. The van der Waals surface area contributed by atoms with Gasteiger partial charge in [0.25, 0.3) is 5.91 Å². The van der Waals surface area contributed by atoms with Crippen molar-refractivity contribution >= 4 is 33.5 Å². The summed E-state index contributed by atoms with van der Waals surface area (Å²) >= 11 is 3.44. The number of amides is 1. The standard InChI is InChI=1S/C23H26BrN5O/c1-5-17-10-6-9-13-21(17)26-23(25-14-19-15(2)28-29(4)16(19)3)27-22(30)18-11-7-8-12-20(18)24/h6-13H,5,14H2,1-4H3,(H2,25,26,27,30). The second-order valence-corrected chi connectivity index (χ2v) is 7.86. The molecule has 0 aliphatic rings. The summed E-state index contributed by atoms with van der Waals surface area (Å²) in [6, 6.07) is 15.3. The molecule has 0 fully saturated rings. The van der Waals surface area contributed by atoms with E-state index in [9.17, 15) is 4.79 Å². The van der Waals surface area contributed by atoms with Gasteiger partial charge in [-0.15, -0.1) is 0 Å². The van der Waals surface area contributed by atoms with E-state index < -0.39 is 0 Å². The Morgan fingerprint density at radius 2 is 1.83 bits per heavy atom. The summed E-state index contributed by atoms with van der Waals surface area (Å²) in [5.74, 6) is 0.168. The first-order valence-corrected chi connectivity index (χ1v) is 10.6. The van der Waals surface area contributed by atoms with Crippen molar-refractivity contribution in [2.24, 2.45) is 12.0 Å². The van der Waals surface area contributed by atoms with Gasteiger partial charge in [0.1, 0.15) is 0 Å². The lowest BCUT2D eigenvalue weighted by atomic mass is 10.1. The molecule has 30 heavy (non-hydrogen) atoms. The molecule has 0 unspecified atom stereocenters. The van der Waals surface area contributed by atoms with Crippen LogP contribution in [0.1, 0.15) is 39.8 Å². The number of rotatable bonds is 5. The summed E-state index contributed by atoms with van der Waals surface area (Å²) in [7, 11) is 1.92. The van der Waals surface area contributed by atoms with Crippen molar-refractivity contribution in [2.45, 2.75) is 33.7 Å². The Hall–Kier alpha value is -2.93. The van der Waals surface area contributed by atoms with E-state index in [1.54, 1.807) is 6.07 Å². The molecule has 0 saturated heterocycles. The monoisotopic (exact) mass is 467 g/mol. The van der Waals surface area contributed by atoms with Crippen molar-refractivity contribution in [1.82, 2.24) is 15.1 Å². The summed E-state index contributed by atoms with van der Waals surface area (Å²) in [4.78, 5) is 17.6. The zero-order valence-electron chi connectivity index (χ0n) is 17.7. The molecule has 2 N–H and O–H groups in total. The van der Waals surface area contributed by atoms with Gasteiger partial charge in [-0.1, -0.05) is 37.3 Å². The summed E-state index contributed by atoms with van der Waals surface area (Å²) in [5.41, 5.74) is 5.66. The van der Waals surface area contributed by atoms with Gasteiger partial charge < -0.3 is 5.32 Å². The average Bonchev–Trinajstić information content (AvgIpc) is 2.98. The number of guanidine groups is 1. The molecule has 3 aromatic rings. The predicted molar refractivity (Wildman–Crippen MR) is 125 cm³/mol. The topological polar surface area (TPSA) is 71.3 Å². The van der Waals surface area contributed by atoms with Crippen molar-refractivity contribution in [1.29, 1.82) is 0 Å². The van der Waals surface area contributed by atoms with Crippen LogP contribution in [-0.2, 0) is 20.0 Å². The number of carbonyl (C=O) groups is 1. The number of halogens is 1. The minimum absolute atomic E-state index is 0.234. The fraction of sp³-hybridized carbons (Fsp3) is 0.261. The molecular weight excluding hydrogens is 442 g/mol. The van der Waals surface area contributed by atoms with E-state index in [2.05, 4.69) is 44.7 Å². The van der Waals surface area contributed by atoms with E-state index in [0.29, 0.717) is 18.1 Å². The molecule has 0 saturated carbocycles. The average molecular weight is 468 g/mol. The lowest BCUT2D eigenvalue weighted by Crippen LogP contribution is -2.36. The predicted octanol–water partition coefficient (Wildman–Crippen LogP) is 4.76. The number of aryl methyl sites for hydroxylation is 3. The summed E-state index contributed by atoms with van der Waals surface area (Å²) in [6.45, 7) is 6.50. The Bertz CT molecular complexity index is 1090. The van der Waals surface area contributed by atoms with E-state index in [-0.39, 0.29) is 5.91 Å². The van der Waals surface area contributed by atoms with Crippen molar-refractivity contribution in [3.63, 3.8) is 0 Å². The maximum Gasteiger partial charge on any atom is 0.259 e. The molecular formula is C23H26BrN5O. The van der Waals surface area contributed by atoms with Gasteiger partial charge in [0.2, 0.25) is 5.96 Å². The van der Waals surface area contributed by atoms with Crippen LogP contribution >= 0.6 is 15.9 Å². The van der Waals surface area contributed by atoms with Crippen LogP contribution in [0.25, 0.3) is 0 Å². The summed E-state index contributed by atoms with van der Waals surface area (Å²) in [6.07, 6.45) is 0.870. The van der Waals surface area contributed by atoms with E-state index in [4.69, 9.17) is 4.99 Å². The molecule has 0 radical (unpaired) electrons. The Labute approximate surface area is 185 Å². The third-order valence-electron chi connectivity index (χ3n) is 5.06. The lowest BCUT2D eigenvalue weighted by molar-refractivity contribution is 0.0976. The molecule has 0 aliphatic carbocycles. The third-order valence-corrected chi connectivity index (χ3v) is 5.75. The van der Waals surface area contributed by atoms with E-state index >= 15 is 0 Å². The van der Waals surface area contributed by atoms with Gasteiger partial charge in [-0.2, -0.15) is 5.10 Å². The fourth-order valence-corrected chi connectivity index (χ4v) is 3.68. The molecule has 3 rings (SSSR count). The molecule has 1 amide bonds. The zero-order chi connectivity index (χ0) is 21.7. The third kappa shape index (κ3) is 4.97. The highest BCUT2D eigenvalue weighted by Gasteiger charge is 2.14. The quantitative estimate of drug-likeness (QED) is 0.419. The zero-order valence-corrected chi connectivity index (χ0v) is 19.2. The van der Waals surface area contributed by atoms with E-state index in [0.717, 1.165) is 39.1 Å². The van der Waals surface area contributed by atoms with Gasteiger partial charge >= 0.3 is 0 Å². The van der Waals surface area contributed by atoms with Crippen LogP contribution in [0.15, 0.2) is 58.0 Å².